The largest absolute Gasteiger partial charge is 0.491 e. The van der Waals surface area contributed by atoms with Gasteiger partial charge in [0, 0.05) is 10.0 Å². The Morgan fingerprint density at radius 1 is 1.10 bits per heavy atom. The highest BCUT2D eigenvalue weighted by Gasteiger charge is 2.23. The molecule has 0 saturated heterocycles. The van der Waals surface area contributed by atoms with Gasteiger partial charge in [0.25, 0.3) is 0 Å². The van der Waals surface area contributed by atoms with Crippen LogP contribution in [0.15, 0.2) is 40.9 Å². The molecule has 0 aliphatic rings. The molecule has 1 atom stereocenters. The van der Waals surface area contributed by atoms with Gasteiger partial charge in [0.2, 0.25) is 0 Å². The molecule has 0 fully saturated rings. The molecule has 1 unspecified atom stereocenters. The molecule has 0 amide bonds. The van der Waals surface area contributed by atoms with E-state index >= 15 is 0 Å². The van der Waals surface area contributed by atoms with Gasteiger partial charge in [0.05, 0.1) is 11.7 Å². The van der Waals surface area contributed by atoms with Crippen LogP contribution in [0, 0.1) is 11.6 Å². The minimum absolute atomic E-state index is 0.113. The Morgan fingerprint density at radius 3 is 2.24 bits per heavy atom. The first-order valence-corrected chi connectivity index (χ1v) is 7.27. The van der Waals surface area contributed by atoms with Crippen molar-refractivity contribution < 1.29 is 18.6 Å². The van der Waals surface area contributed by atoms with Crippen LogP contribution in [0.5, 0.6) is 5.75 Å². The van der Waals surface area contributed by atoms with E-state index in [1.807, 2.05) is 13.8 Å². The zero-order valence-corrected chi connectivity index (χ0v) is 13.2. The Labute approximate surface area is 130 Å². The van der Waals surface area contributed by atoms with E-state index < -0.39 is 23.3 Å². The van der Waals surface area contributed by atoms with Gasteiger partial charge in [0.15, 0.2) is 0 Å². The second-order valence-corrected chi connectivity index (χ2v) is 5.81. The Bertz CT molecular complexity index is 621. The van der Waals surface area contributed by atoms with E-state index in [0.717, 1.165) is 12.1 Å². The van der Waals surface area contributed by atoms with Crippen molar-refractivity contribution in [3.63, 3.8) is 0 Å². The van der Waals surface area contributed by atoms with Crippen LogP contribution in [0.3, 0.4) is 0 Å². The molecule has 0 radical (unpaired) electrons. The number of hydrogen-bond acceptors (Lipinski definition) is 2. The summed E-state index contributed by atoms with van der Waals surface area (Å²) in [6, 6.07) is 8.90. The van der Waals surface area contributed by atoms with E-state index in [1.165, 1.54) is 0 Å². The van der Waals surface area contributed by atoms with Crippen molar-refractivity contribution in [1.82, 2.24) is 0 Å². The Balaban J connectivity index is 2.48. The molecule has 0 saturated carbocycles. The minimum atomic E-state index is -1.44. The maximum Gasteiger partial charge on any atom is 0.133 e. The van der Waals surface area contributed by atoms with Crippen LogP contribution in [0.2, 0.25) is 0 Å². The van der Waals surface area contributed by atoms with Crippen LogP contribution in [-0.4, -0.2) is 11.2 Å². The predicted octanol–water partition coefficient (Wildman–Crippen LogP) is 4.60. The van der Waals surface area contributed by atoms with Crippen molar-refractivity contribution in [2.75, 3.05) is 0 Å². The molecule has 0 aliphatic heterocycles. The predicted molar refractivity (Wildman–Crippen MR) is 80.3 cm³/mol. The highest BCUT2D eigenvalue weighted by Crippen LogP contribution is 2.34. The van der Waals surface area contributed by atoms with E-state index in [2.05, 4.69) is 15.9 Å². The maximum absolute atomic E-state index is 14.0. The van der Waals surface area contributed by atoms with Crippen LogP contribution >= 0.6 is 15.9 Å². The van der Waals surface area contributed by atoms with Crippen LogP contribution in [0.1, 0.15) is 31.1 Å². The molecule has 0 spiro atoms. The smallest absolute Gasteiger partial charge is 0.133 e. The normalized spacial score (nSPS) is 12.5. The van der Waals surface area contributed by atoms with Gasteiger partial charge >= 0.3 is 0 Å². The van der Waals surface area contributed by atoms with Gasteiger partial charge in [-0.25, -0.2) is 8.78 Å². The first-order valence-electron chi connectivity index (χ1n) is 6.48. The fourth-order valence-electron chi connectivity index (χ4n) is 2.04. The molecule has 2 aromatic carbocycles. The number of benzene rings is 2. The molecule has 0 aliphatic carbocycles. The van der Waals surface area contributed by atoms with Gasteiger partial charge in [-0.2, -0.15) is 0 Å². The minimum Gasteiger partial charge on any atom is -0.491 e. The first-order chi connectivity index (χ1) is 9.90. The summed E-state index contributed by atoms with van der Waals surface area (Å²) in [5.41, 5.74) is -0.0654. The van der Waals surface area contributed by atoms with Crippen molar-refractivity contribution in [3.05, 3.63) is 63.6 Å². The third-order valence-electron chi connectivity index (χ3n) is 2.89. The van der Waals surface area contributed by atoms with E-state index in [0.29, 0.717) is 11.3 Å². The Hall–Kier alpha value is -1.46. The van der Waals surface area contributed by atoms with Crippen molar-refractivity contribution in [3.8, 4) is 5.75 Å². The number of para-hydroxylation sites is 1. The number of aliphatic hydroxyl groups excluding tert-OH is 1. The van der Waals surface area contributed by atoms with Gasteiger partial charge in [-0.05, 0) is 32.0 Å². The molecule has 2 nitrogen and oxygen atoms in total. The van der Waals surface area contributed by atoms with Crippen LogP contribution in [0.4, 0.5) is 8.78 Å². The lowest BCUT2D eigenvalue weighted by molar-refractivity contribution is 0.190. The van der Waals surface area contributed by atoms with Gasteiger partial charge in [0.1, 0.15) is 23.5 Å². The summed E-state index contributed by atoms with van der Waals surface area (Å²) in [7, 11) is 0. The standard InChI is InChI=1S/C16H15BrF2O2/c1-9(2)21-14-6-4-3-5-11(14)16(20)15-12(18)7-10(17)8-13(15)19/h3-9,16,20H,1-2H3. The van der Waals surface area contributed by atoms with E-state index in [4.69, 9.17) is 4.74 Å². The summed E-state index contributed by atoms with van der Waals surface area (Å²) in [5, 5.41) is 10.4. The number of hydrogen-bond donors (Lipinski definition) is 1. The van der Waals surface area contributed by atoms with Crippen molar-refractivity contribution in [2.45, 2.75) is 26.1 Å². The number of rotatable bonds is 4. The second-order valence-electron chi connectivity index (χ2n) is 4.89. The molecule has 0 heterocycles. The molecule has 2 aromatic rings. The highest BCUT2D eigenvalue weighted by atomic mass is 79.9. The molecular formula is C16H15BrF2O2. The lowest BCUT2D eigenvalue weighted by Crippen LogP contribution is -2.11. The van der Waals surface area contributed by atoms with Crippen molar-refractivity contribution >= 4 is 15.9 Å². The maximum atomic E-state index is 14.0. The molecule has 1 N–H and O–H groups in total. The summed E-state index contributed by atoms with van der Waals surface area (Å²) < 4.78 is 33.8. The molecule has 2 rings (SSSR count). The molecule has 112 valence electrons. The fraction of sp³-hybridized carbons (Fsp3) is 0.250. The molecule has 0 bridgehead atoms. The molecule has 0 aromatic heterocycles. The average Bonchev–Trinajstić information content (AvgIpc) is 2.37. The first kappa shape index (κ1) is 15.9. The summed E-state index contributed by atoms with van der Waals surface area (Å²) >= 11 is 3.01. The molecule has 5 heteroatoms. The van der Waals surface area contributed by atoms with Crippen LogP contribution in [0.25, 0.3) is 0 Å². The summed E-state index contributed by atoms with van der Waals surface area (Å²) in [5.74, 6) is -1.22. The zero-order chi connectivity index (χ0) is 15.6. The van der Waals surface area contributed by atoms with Gasteiger partial charge in [-0.15, -0.1) is 0 Å². The number of halogens is 3. The SMILES string of the molecule is CC(C)Oc1ccccc1C(O)c1c(F)cc(Br)cc1F. The van der Waals surface area contributed by atoms with Crippen LogP contribution < -0.4 is 4.74 Å². The van der Waals surface area contributed by atoms with Crippen LogP contribution in [-0.2, 0) is 0 Å². The summed E-state index contributed by atoms with van der Waals surface area (Å²) in [6.07, 6.45) is -1.55. The number of aliphatic hydroxyl groups is 1. The topological polar surface area (TPSA) is 29.5 Å². The van der Waals surface area contributed by atoms with Gasteiger partial charge in [-0.1, -0.05) is 34.1 Å². The van der Waals surface area contributed by atoms with Gasteiger partial charge in [-0.3, -0.25) is 0 Å². The summed E-state index contributed by atoms with van der Waals surface area (Å²) in [4.78, 5) is 0. The van der Waals surface area contributed by atoms with E-state index in [9.17, 15) is 13.9 Å². The third kappa shape index (κ3) is 3.60. The van der Waals surface area contributed by atoms with Crippen molar-refractivity contribution in [1.29, 1.82) is 0 Å². The fourth-order valence-corrected chi connectivity index (χ4v) is 2.44. The summed E-state index contributed by atoms with van der Waals surface area (Å²) in [6.45, 7) is 3.67. The zero-order valence-electron chi connectivity index (χ0n) is 11.6. The Kier molecular flexibility index (Phi) is 4.96. The molecular weight excluding hydrogens is 342 g/mol. The Morgan fingerprint density at radius 2 is 1.67 bits per heavy atom. The monoisotopic (exact) mass is 356 g/mol. The lowest BCUT2D eigenvalue weighted by Gasteiger charge is -2.19. The molecule has 21 heavy (non-hydrogen) atoms. The van der Waals surface area contributed by atoms with E-state index in [1.54, 1.807) is 24.3 Å². The second kappa shape index (κ2) is 6.54. The quantitative estimate of drug-likeness (QED) is 0.867. The van der Waals surface area contributed by atoms with Crippen molar-refractivity contribution in [2.24, 2.45) is 0 Å². The number of ether oxygens (including phenoxy) is 1. The average molecular weight is 357 g/mol. The van der Waals surface area contributed by atoms with E-state index in [-0.39, 0.29) is 10.6 Å². The lowest BCUT2D eigenvalue weighted by atomic mass is 9.99. The third-order valence-corrected chi connectivity index (χ3v) is 3.35. The van der Waals surface area contributed by atoms with Gasteiger partial charge < -0.3 is 9.84 Å². The highest BCUT2D eigenvalue weighted by molar-refractivity contribution is 9.10.